The minimum Gasteiger partial charge on any atom is -0.502 e. The molecule has 1 N–H and O–H groups in total. The summed E-state index contributed by atoms with van der Waals surface area (Å²) in [5, 5.41) is 12.4. The van der Waals surface area contributed by atoms with Gasteiger partial charge in [-0.2, -0.15) is 0 Å². The van der Waals surface area contributed by atoms with Crippen LogP contribution in [0.3, 0.4) is 0 Å². The number of pyridine rings is 1. The van der Waals surface area contributed by atoms with E-state index in [0.717, 1.165) is 11.1 Å². The van der Waals surface area contributed by atoms with E-state index in [-0.39, 0.29) is 23.8 Å². The van der Waals surface area contributed by atoms with Crippen LogP contribution in [0.5, 0.6) is 5.75 Å². The summed E-state index contributed by atoms with van der Waals surface area (Å²) in [6.07, 6.45) is 2.01. The normalized spacial score (nSPS) is 20.4. The molecule has 0 saturated heterocycles. The second-order valence-electron chi connectivity index (χ2n) is 7.21. The molecule has 2 aromatic carbocycles. The molecule has 3 heterocycles. The van der Waals surface area contributed by atoms with Crippen LogP contribution < -0.4 is 10.4 Å². The third kappa shape index (κ3) is 2.21. The first kappa shape index (κ1) is 16.6. The minimum atomic E-state index is -0.555. The number of hydrogen-bond donors (Lipinski definition) is 1. The number of aromatic hydroxyl groups is 1. The lowest BCUT2D eigenvalue weighted by molar-refractivity contribution is 0.0606. The molecule has 0 saturated carbocycles. The third-order valence-electron chi connectivity index (χ3n) is 5.71. The van der Waals surface area contributed by atoms with E-state index >= 15 is 0 Å². The minimum absolute atomic E-state index is 0.00608. The molecule has 3 aromatic rings. The molecule has 0 bridgehead atoms. The van der Waals surface area contributed by atoms with E-state index in [1.165, 1.54) is 11.6 Å². The Balaban J connectivity index is 1.82. The molecule has 2 unspecified atom stereocenters. The maximum atomic E-state index is 13.0. The lowest BCUT2D eigenvalue weighted by atomic mass is 9.87. The van der Waals surface area contributed by atoms with E-state index in [2.05, 4.69) is 29.3 Å². The van der Waals surface area contributed by atoms with Gasteiger partial charge in [-0.1, -0.05) is 54.6 Å². The second kappa shape index (κ2) is 5.99. The summed E-state index contributed by atoms with van der Waals surface area (Å²) in [4.78, 5) is 26.6. The van der Waals surface area contributed by atoms with E-state index in [4.69, 9.17) is 0 Å². The SMILES string of the molecule is CN1C(=O)c2c(O)c(=O)ccn2N2C(c3ccccc3)c3ccccc3CC12. The number of likely N-dealkylation sites (N-methyl/N-ethyl adjacent to an activating group) is 1. The number of rotatable bonds is 1. The Labute approximate surface area is 161 Å². The van der Waals surface area contributed by atoms with Crippen molar-refractivity contribution in [3.63, 3.8) is 0 Å². The van der Waals surface area contributed by atoms with Gasteiger partial charge in [0.05, 0.1) is 6.04 Å². The highest BCUT2D eigenvalue weighted by molar-refractivity contribution is 5.96. The van der Waals surface area contributed by atoms with Crippen molar-refractivity contribution in [3.05, 3.63) is 99.5 Å². The number of carbonyl (C=O) groups excluding carboxylic acids is 1. The predicted octanol–water partition coefficient (Wildman–Crippen LogP) is 2.25. The number of carbonyl (C=O) groups is 1. The van der Waals surface area contributed by atoms with Crippen molar-refractivity contribution in [3.8, 4) is 5.75 Å². The Kier molecular flexibility index (Phi) is 3.55. The monoisotopic (exact) mass is 373 g/mol. The average molecular weight is 373 g/mol. The molecule has 1 amide bonds. The van der Waals surface area contributed by atoms with Crippen LogP contribution in [-0.4, -0.2) is 33.8 Å². The summed E-state index contributed by atoms with van der Waals surface area (Å²) < 4.78 is 1.65. The highest BCUT2D eigenvalue weighted by Gasteiger charge is 2.44. The largest absolute Gasteiger partial charge is 0.502 e. The molecule has 140 valence electrons. The standard InChI is InChI=1S/C22H19N3O3/c1-23-18-13-15-9-5-6-10-16(15)19(14-7-3-2-4-8-14)25(18)24-12-11-17(26)21(27)20(24)22(23)28/h2-12,18-19,27H,13H2,1H3. The zero-order chi connectivity index (χ0) is 19.4. The van der Waals surface area contributed by atoms with Crippen LogP contribution in [0.25, 0.3) is 0 Å². The first-order valence-electron chi connectivity index (χ1n) is 9.21. The van der Waals surface area contributed by atoms with Crippen molar-refractivity contribution < 1.29 is 9.90 Å². The van der Waals surface area contributed by atoms with E-state index in [1.807, 2.05) is 30.3 Å². The zero-order valence-corrected chi connectivity index (χ0v) is 15.3. The van der Waals surface area contributed by atoms with Crippen LogP contribution in [0, 0.1) is 0 Å². The van der Waals surface area contributed by atoms with Crippen molar-refractivity contribution in [2.24, 2.45) is 0 Å². The first-order valence-corrected chi connectivity index (χ1v) is 9.21. The molecule has 2 atom stereocenters. The fourth-order valence-electron chi connectivity index (χ4n) is 4.35. The second-order valence-corrected chi connectivity index (χ2v) is 7.21. The molecule has 28 heavy (non-hydrogen) atoms. The van der Waals surface area contributed by atoms with Crippen molar-refractivity contribution in [1.29, 1.82) is 0 Å². The molecule has 6 heteroatoms. The van der Waals surface area contributed by atoms with Crippen molar-refractivity contribution >= 4 is 5.91 Å². The van der Waals surface area contributed by atoms with Crippen LogP contribution in [-0.2, 0) is 6.42 Å². The molecule has 0 aliphatic carbocycles. The molecule has 1 aromatic heterocycles. The lowest BCUT2D eigenvalue weighted by Crippen LogP contribution is -2.63. The molecule has 2 aliphatic rings. The van der Waals surface area contributed by atoms with Crippen LogP contribution in [0.2, 0.25) is 0 Å². The van der Waals surface area contributed by atoms with Gasteiger partial charge in [-0.05, 0) is 16.7 Å². The molecule has 2 aliphatic heterocycles. The van der Waals surface area contributed by atoms with Gasteiger partial charge < -0.3 is 10.0 Å². The van der Waals surface area contributed by atoms with Crippen LogP contribution in [0.1, 0.15) is 33.2 Å². The van der Waals surface area contributed by atoms with Gasteiger partial charge in [-0.15, -0.1) is 0 Å². The molecular formula is C22H19N3O3. The Morgan fingerprint density at radius 1 is 0.964 bits per heavy atom. The Morgan fingerprint density at radius 2 is 1.68 bits per heavy atom. The number of hydrogen-bond acceptors (Lipinski definition) is 4. The highest BCUT2D eigenvalue weighted by atomic mass is 16.3. The molecule has 0 spiro atoms. The Morgan fingerprint density at radius 3 is 2.46 bits per heavy atom. The topological polar surface area (TPSA) is 65.8 Å². The quantitative estimate of drug-likeness (QED) is 0.711. The fraction of sp³-hybridized carbons (Fsp3) is 0.182. The van der Waals surface area contributed by atoms with Gasteiger partial charge >= 0.3 is 0 Å². The molecule has 5 rings (SSSR count). The molecule has 0 fully saturated rings. The summed E-state index contributed by atoms with van der Waals surface area (Å²) in [6.45, 7) is 0. The van der Waals surface area contributed by atoms with Gasteiger partial charge in [-0.25, -0.2) is 0 Å². The summed E-state index contributed by atoms with van der Waals surface area (Å²) in [7, 11) is 1.72. The number of benzene rings is 2. The van der Waals surface area contributed by atoms with Crippen LogP contribution >= 0.6 is 0 Å². The summed E-state index contributed by atoms with van der Waals surface area (Å²) in [6, 6.07) is 19.4. The maximum Gasteiger partial charge on any atom is 0.277 e. The summed E-state index contributed by atoms with van der Waals surface area (Å²) in [5.41, 5.74) is 2.86. The zero-order valence-electron chi connectivity index (χ0n) is 15.3. The smallest absolute Gasteiger partial charge is 0.277 e. The predicted molar refractivity (Wildman–Crippen MR) is 105 cm³/mol. The fourth-order valence-corrected chi connectivity index (χ4v) is 4.35. The number of aromatic nitrogens is 1. The lowest BCUT2D eigenvalue weighted by Gasteiger charge is -2.52. The molecular weight excluding hydrogens is 354 g/mol. The van der Waals surface area contributed by atoms with E-state index in [0.29, 0.717) is 6.42 Å². The molecule has 0 radical (unpaired) electrons. The van der Waals surface area contributed by atoms with Gasteiger partial charge in [-0.3, -0.25) is 19.3 Å². The van der Waals surface area contributed by atoms with E-state index in [9.17, 15) is 14.7 Å². The van der Waals surface area contributed by atoms with Gasteiger partial charge in [0.2, 0.25) is 5.43 Å². The number of fused-ring (bicyclic) bond motifs is 4. The van der Waals surface area contributed by atoms with Crippen molar-refractivity contribution in [2.75, 3.05) is 12.1 Å². The number of nitrogens with zero attached hydrogens (tertiary/aromatic N) is 3. The van der Waals surface area contributed by atoms with Crippen LogP contribution in [0.15, 0.2) is 71.7 Å². The Hall–Kier alpha value is -3.54. The van der Waals surface area contributed by atoms with Crippen LogP contribution in [0.4, 0.5) is 0 Å². The molecule has 6 nitrogen and oxygen atoms in total. The first-order chi connectivity index (χ1) is 13.6. The third-order valence-corrected chi connectivity index (χ3v) is 5.71. The van der Waals surface area contributed by atoms with E-state index in [1.54, 1.807) is 22.8 Å². The average Bonchev–Trinajstić information content (AvgIpc) is 2.73. The number of amides is 1. The van der Waals surface area contributed by atoms with Crippen molar-refractivity contribution in [2.45, 2.75) is 18.6 Å². The van der Waals surface area contributed by atoms with Gasteiger partial charge in [0, 0.05) is 25.7 Å². The van der Waals surface area contributed by atoms with Gasteiger partial charge in [0.15, 0.2) is 11.4 Å². The van der Waals surface area contributed by atoms with Gasteiger partial charge in [0.25, 0.3) is 5.91 Å². The van der Waals surface area contributed by atoms with Crippen molar-refractivity contribution in [1.82, 2.24) is 9.58 Å². The Bertz CT molecular complexity index is 1140. The maximum absolute atomic E-state index is 13.0. The van der Waals surface area contributed by atoms with E-state index < -0.39 is 11.2 Å². The van der Waals surface area contributed by atoms with Gasteiger partial charge in [0.1, 0.15) is 6.17 Å². The summed E-state index contributed by atoms with van der Waals surface area (Å²) >= 11 is 0. The summed E-state index contributed by atoms with van der Waals surface area (Å²) in [5.74, 6) is -0.869. The highest BCUT2D eigenvalue weighted by Crippen LogP contribution is 2.40.